The van der Waals surface area contributed by atoms with Crippen molar-refractivity contribution < 1.29 is 9.59 Å². The molecule has 98 valence electrons. The summed E-state index contributed by atoms with van der Waals surface area (Å²) in [5, 5.41) is -0.0106. The fraction of sp³-hybridized carbons (Fsp3) is 0.833. The number of rotatable bonds is 6. The molecule has 0 unspecified atom stereocenters. The Labute approximate surface area is 108 Å². The van der Waals surface area contributed by atoms with Crippen LogP contribution in [0, 0.1) is 0 Å². The summed E-state index contributed by atoms with van der Waals surface area (Å²) in [4.78, 5) is 26.9. The molecule has 1 heterocycles. The second-order valence-corrected chi connectivity index (χ2v) is 5.71. The lowest BCUT2D eigenvalue weighted by Gasteiger charge is -2.17. The molecule has 4 nitrogen and oxygen atoms in total. The molecule has 2 amide bonds. The molecule has 1 aliphatic rings. The van der Waals surface area contributed by atoms with Crippen LogP contribution in [0.1, 0.15) is 26.2 Å². The molecule has 0 bridgehead atoms. The fourth-order valence-electron chi connectivity index (χ4n) is 1.75. The Morgan fingerprint density at radius 3 is 2.82 bits per heavy atom. The monoisotopic (exact) mass is 258 g/mol. The zero-order valence-corrected chi connectivity index (χ0v) is 11.8. The van der Waals surface area contributed by atoms with Crippen molar-refractivity contribution in [1.82, 2.24) is 9.80 Å². The second-order valence-electron chi connectivity index (χ2n) is 4.52. The van der Waals surface area contributed by atoms with E-state index in [1.54, 1.807) is 9.80 Å². The van der Waals surface area contributed by atoms with Gasteiger partial charge in [0.15, 0.2) is 0 Å². The number of thioether (sulfide) groups is 1. The predicted octanol–water partition coefficient (Wildman–Crippen LogP) is 1.21. The van der Waals surface area contributed by atoms with Crippen LogP contribution in [0.2, 0.25) is 0 Å². The number of unbranched alkanes of at least 4 members (excludes halogenated alkanes) is 1. The zero-order chi connectivity index (χ0) is 12.8. The van der Waals surface area contributed by atoms with Crippen LogP contribution in [0.25, 0.3) is 0 Å². The van der Waals surface area contributed by atoms with Crippen LogP contribution in [0.5, 0.6) is 0 Å². The van der Waals surface area contributed by atoms with Crippen LogP contribution in [-0.2, 0) is 9.59 Å². The van der Waals surface area contributed by atoms with Crippen LogP contribution >= 0.6 is 11.8 Å². The summed E-state index contributed by atoms with van der Waals surface area (Å²) in [6, 6.07) is 0. The minimum atomic E-state index is -0.0106. The van der Waals surface area contributed by atoms with Crippen molar-refractivity contribution in [1.29, 1.82) is 0 Å². The zero-order valence-electron chi connectivity index (χ0n) is 10.9. The average Bonchev–Trinajstić information content (AvgIpc) is 2.64. The molecule has 1 aliphatic heterocycles. The van der Waals surface area contributed by atoms with Gasteiger partial charge in [-0.05, 0) is 12.8 Å². The number of nitrogens with zero attached hydrogens (tertiary/aromatic N) is 2. The normalized spacial score (nSPS) is 19.8. The first-order valence-electron chi connectivity index (χ1n) is 6.16. The van der Waals surface area contributed by atoms with Crippen molar-refractivity contribution in [2.45, 2.75) is 31.4 Å². The summed E-state index contributed by atoms with van der Waals surface area (Å²) in [6.07, 6.45) is 3.00. The summed E-state index contributed by atoms with van der Waals surface area (Å²) >= 11 is 1.48. The molecule has 0 saturated carbocycles. The van der Waals surface area contributed by atoms with Gasteiger partial charge in [0.2, 0.25) is 11.8 Å². The number of hydrogen-bond donors (Lipinski definition) is 0. The van der Waals surface area contributed by atoms with Gasteiger partial charge in [0.05, 0.1) is 11.0 Å². The second kappa shape index (κ2) is 6.89. The van der Waals surface area contributed by atoms with E-state index in [1.807, 2.05) is 14.1 Å². The molecule has 1 saturated heterocycles. The van der Waals surface area contributed by atoms with Crippen LogP contribution in [0.3, 0.4) is 0 Å². The average molecular weight is 258 g/mol. The number of carbonyl (C=O) groups excluding carboxylic acids is 2. The topological polar surface area (TPSA) is 40.6 Å². The molecule has 1 rings (SSSR count). The molecule has 0 radical (unpaired) electrons. The Morgan fingerprint density at radius 2 is 2.29 bits per heavy atom. The molecule has 1 fully saturated rings. The van der Waals surface area contributed by atoms with Crippen molar-refractivity contribution in [3.05, 3.63) is 0 Å². The Morgan fingerprint density at radius 1 is 1.59 bits per heavy atom. The van der Waals surface area contributed by atoms with Crippen LogP contribution in [0.15, 0.2) is 0 Å². The number of amides is 2. The summed E-state index contributed by atoms with van der Waals surface area (Å²) in [5.41, 5.74) is 0. The molecule has 0 aromatic heterocycles. The number of carbonyl (C=O) groups is 2. The van der Waals surface area contributed by atoms with Gasteiger partial charge in [-0.3, -0.25) is 9.59 Å². The Hall–Kier alpha value is -0.710. The van der Waals surface area contributed by atoms with Crippen LogP contribution in [-0.4, -0.2) is 59.8 Å². The highest BCUT2D eigenvalue weighted by Gasteiger charge is 2.29. The van der Waals surface area contributed by atoms with Gasteiger partial charge >= 0.3 is 0 Å². The van der Waals surface area contributed by atoms with E-state index in [2.05, 4.69) is 6.92 Å². The van der Waals surface area contributed by atoms with Gasteiger partial charge < -0.3 is 9.80 Å². The maximum Gasteiger partial charge on any atom is 0.235 e. The largest absolute Gasteiger partial charge is 0.345 e. The van der Waals surface area contributed by atoms with Crippen molar-refractivity contribution in [2.75, 3.05) is 32.9 Å². The first kappa shape index (κ1) is 14.4. The van der Waals surface area contributed by atoms with E-state index in [9.17, 15) is 9.59 Å². The van der Waals surface area contributed by atoms with Crippen molar-refractivity contribution in [3.8, 4) is 0 Å². The first-order valence-corrected chi connectivity index (χ1v) is 7.21. The minimum absolute atomic E-state index is 0.0106. The van der Waals surface area contributed by atoms with Gasteiger partial charge in [-0.1, -0.05) is 13.3 Å². The van der Waals surface area contributed by atoms with E-state index >= 15 is 0 Å². The van der Waals surface area contributed by atoms with Gasteiger partial charge in [-0.15, -0.1) is 11.8 Å². The Balaban J connectivity index is 2.26. The Bertz CT molecular complexity index is 284. The van der Waals surface area contributed by atoms with E-state index in [4.69, 9.17) is 0 Å². The van der Waals surface area contributed by atoms with Crippen LogP contribution in [0.4, 0.5) is 0 Å². The van der Waals surface area contributed by atoms with Gasteiger partial charge in [0.25, 0.3) is 0 Å². The summed E-state index contributed by atoms with van der Waals surface area (Å²) in [5.74, 6) is 0.717. The number of hydrogen-bond acceptors (Lipinski definition) is 3. The van der Waals surface area contributed by atoms with Crippen LogP contribution < -0.4 is 0 Å². The van der Waals surface area contributed by atoms with Crippen molar-refractivity contribution >= 4 is 23.6 Å². The molecule has 0 aromatic carbocycles. The van der Waals surface area contributed by atoms with E-state index in [0.29, 0.717) is 5.75 Å². The van der Waals surface area contributed by atoms with Crippen molar-refractivity contribution in [3.63, 3.8) is 0 Å². The maximum absolute atomic E-state index is 11.8. The first-order chi connectivity index (χ1) is 8.06. The standard InChI is InChI=1S/C12H22N2O2S/c1-4-5-7-13(2)11(15)9-17-10-6-8-14(3)12(10)16/h10H,4-9H2,1-3H3/t10-/m1/s1. The van der Waals surface area contributed by atoms with E-state index in [-0.39, 0.29) is 17.1 Å². The minimum Gasteiger partial charge on any atom is -0.345 e. The quantitative estimate of drug-likeness (QED) is 0.719. The molecule has 0 aromatic rings. The maximum atomic E-state index is 11.8. The molecular formula is C12H22N2O2S. The smallest absolute Gasteiger partial charge is 0.235 e. The third kappa shape index (κ3) is 4.22. The van der Waals surface area contributed by atoms with Gasteiger partial charge in [0.1, 0.15) is 0 Å². The predicted molar refractivity (Wildman–Crippen MR) is 71.0 cm³/mol. The van der Waals surface area contributed by atoms with E-state index < -0.39 is 0 Å². The highest BCUT2D eigenvalue weighted by Crippen LogP contribution is 2.23. The van der Waals surface area contributed by atoms with Gasteiger partial charge in [-0.25, -0.2) is 0 Å². The molecule has 0 N–H and O–H groups in total. The van der Waals surface area contributed by atoms with Crippen molar-refractivity contribution in [2.24, 2.45) is 0 Å². The molecule has 5 heteroatoms. The lowest BCUT2D eigenvalue weighted by atomic mass is 10.3. The third-order valence-corrected chi connectivity index (χ3v) is 4.31. The number of likely N-dealkylation sites (tertiary alicyclic amines) is 1. The van der Waals surface area contributed by atoms with Gasteiger partial charge in [0, 0.05) is 27.2 Å². The lowest BCUT2D eigenvalue weighted by Crippen LogP contribution is -2.31. The highest BCUT2D eigenvalue weighted by atomic mass is 32.2. The SMILES string of the molecule is CCCCN(C)C(=O)CS[C@@H]1CCN(C)C1=O. The Kier molecular flexibility index (Phi) is 5.82. The summed E-state index contributed by atoms with van der Waals surface area (Å²) in [6.45, 7) is 3.74. The van der Waals surface area contributed by atoms with E-state index in [0.717, 1.165) is 32.4 Å². The molecule has 0 aliphatic carbocycles. The lowest BCUT2D eigenvalue weighted by molar-refractivity contribution is -0.127. The molecular weight excluding hydrogens is 236 g/mol. The fourth-order valence-corrected chi connectivity index (χ4v) is 2.91. The molecule has 1 atom stereocenters. The molecule has 0 spiro atoms. The third-order valence-electron chi connectivity index (χ3n) is 3.06. The highest BCUT2D eigenvalue weighted by molar-refractivity contribution is 8.01. The van der Waals surface area contributed by atoms with E-state index in [1.165, 1.54) is 11.8 Å². The van der Waals surface area contributed by atoms with Gasteiger partial charge in [-0.2, -0.15) is 0 Å². The molecule has 17 heavy (non-hydrogen) atoms. The summed E-state index contributed by atoms with van der Waals surface area (Å²) in [7, 11) is 3.65. The summed E-state index contributed by atoms with van der Waals surface area (Å²) < 4.78 is 0.